The van der Waals surface area contributed by atoms with Gasteiger partial charge in [-0.05, 0) is 25.5 Å². The number of hydrogen-bond donors (Lipinski definition) is 1. The van der Waals surface area contributed by atoms with Gasteiger partial charge in [-0.3, -0.25) is 9.36 Å². The fourth-order valence-corrected chi connectivity index (χ4v) is 2.73. The van der Waals surface area contributed by atoms with Crippen LogP contribution >= 0.6 is 0 Å². The standard InChI is InChI=1S/C16H19N3O3S/c1-13-3-5-15(6-4-13)7-10-23(21,22)18-8-9-19-12-17-11-14(2)16(19)20/h3-7,10-12,18H,8-9H2,1-2H3. The van der Waals surface area contributed by atoms with E-state index in [2.05, 4.69) is 9.71 Å². The number of sulfonamides is 1. The van der Waals surface area contributed by atoms with E-state index in [4.69, 9.17) is 0 Å². The predicted molar refractivity (Wildman–Crippen MR) is 90.4 cm³/mol. The lowest BCUT2D eigenvalue weighted by atomic mass is 10.2. The molecule has 0 amide bonds. The average molecular weight is 333 g/mol. The Morgan fingerprint density at radius 1 is 1.22 bits per heavy atom. The van der Waals surface area contributed by atoms with Gasteiger partial charge in [0.1, 0.15) is 0 Å². The van der Waals surface area contributed by atoms with Crippen LogP contribution in [0.4, 0.5) is 0 Å². The largest absolute Gasteiger partial charge is 0.298 e. The van der Waals surface area contributed by atoms with Crippen molar-refractivity contribution in [3.8, 4) is 0 Å². The van der Waals surface area contributed by atoms with Crippen molar-refractivity contribution in [2.24, 2.45) is 0 Å². The summed E-state index contributed by atoms with van der Waals surface area (Å²) in [6.07, 6.45) is 4.40. The molecule has 0 fully saturated rings. The van der Waals surface area contributed by atoms with Crippen LogP contribution in [0.3, 0.4) is 0 Å². The van der Waals surface area contributed by atoms with E-state index in [1.54, 1.807) is 6.92 Å². The highest BCUT2D eigenvalue weighted by Crippen LogP contribution is 2.05. The number of hydrogen-bond acceptors (Lipinski definition) is 4. The Bertz CT molecular complexity index is 853. The second-order valence-electron chi connectivity index (χ2n) is 5.23. The van der Waals surface area contributed by atoms with Crippen LogP contribution in [0.1, 0.15) is 16.7 Å². The summed E-state index contributed by atoms with van der Waals surface area (Å²) in [4.78, 5) is 15.7. The summed E-state index contributed by atoms with van der Waals surface area (Å²) in [7, 11) is -3.55. The van der Waals surface area contributed by atoms with E-state index in [1.807, 2.05) is 31.2 Å². The van der Waals surface area contributed by atoms with Crippen molar-refractivity contribution < 1.29 is 8.42 Å². The van der Waals surface area contributed by atoms with Gasteiger partial charge in [0.2, 0.25) is 10.0 Å². The predicted octanol–water partition coefficient (Wildman–Crippen LogP) is 1.45. The number of nitrogens with zero attached hydrogens (tertiary/aromatic N) is 2. The summed E-state index contributed by atoms with van der Waals surface area (Å²) >= 11 is 0. The van der Waals surface area contributed by atoms with Crippen LogP contribution in [0, 0.1) is 13.8 Å². The fraction of sp³-hybridized carbons (Fsp3) is 0.250. The minimum atomic E-state index is -3.55. The molecule has 2 rings (SSSR count). The molecular weight excluding hydrogens is 314 g/mol. The summed E-state index contributed by atoms with van der Waals surface area (Å²) in [5, 5.41) is 1.12. The number of aryl methyl sites for hydroxylation is 2. The van der Waals surface area contributed by atoms with Crippen molar-refractivity contribution in [1.29, 1.82) is 0 Å². The van der Waals surface area contributed by atoms with E-state index < -0.39 is 10.0 Å². The normalized spacial score (nSPS) is 11.9. The lowest BCUT2D eigenvalue weighted by Gasteiger charge is -2.06. The zero-order valence-corrected chi connectivity index (χ0v) is 13.9. The lowest BCUT2D eigenvalue weighted by Crippen LogP contribution is -2.30. The van der Waals surface area contributed by atoms with Gasteiger partial charge >= 0.3 is 0 Å². The highest BCUT2D eigenvalue weighted by atomic mass is 32.2. The molecule has 0 atom stereocenters. The van der Waals surface area contributed by atoms with Crippen LogP contribution in [0.5, 0.6) is 0 Å². The van der Waals surface area contributed by atoms with Crippen LogP contribution in [-0.2, 0) is 16.6 Å². The second-order valence-corrected chi connectivity index (χ2v) is 6.88. The SMILES string of the molecule is Cc1ccc(C=CS(=O)(=O)NCCn2cncc(C)c2=O)cc1. The van der Waals surface area contributed by atoms with E-state index in [9.17, 15) is 13.2 Å². The van der Waals surface area contributed by atoms with E-state index in [0.29, 0.717) is 5.56 Å². The fourth-order valence-electron chi connectivity index (χ4n) is 1.92. The molecule has 0 aliphatic rings. The van der Waals surface area contributed by atoms with Crippen LogP contribution in [0.25, 0.3) is 6.08 Å². The van der Waals surface area contributed by atoms with E-state index in [0.717, 1.165) is 16.5 Å². The molecule has 0 saturated carbocycles. The topological polar surface area (TPSA) is 81.1 Å². The molecule has 1 N–H and O–H groups in total. The number of rotatable bonds is 6. The van der Waals surface area contributed by atoms with Crippen molar-refractivity contribution >= 4 is 16.1 Å². The van der Waals surface area contributed by atoms with Gasteiger partial charge in [0.25, 0.3) is 5.56 Å². The molecule has 0 bridgehead atoms. The number of aromatic nitrogens is 2. The molecule has 0 spiro atoms. The Kier molecular flexibility index (Phi) is 5.46. The zero-order chi connectivity index (χ0) is 16.9. The minimum Gasteiger partial charge on any atom is -0.298 e. The van der Waals surface area contributed by atoms with Crippen molar-refractivity contribution in [3.05, 3.63) is 69.2 Å². The Labute approximate surface area is 135 Å². The van der Waals surface area contributed by atoms with Crippen molar-refractivity contribution in [2.75, 3.05) is 6.54 Å². The number of benzene rings is 1. The molecular formula is C16H19N3O3S. The molecule has 0 aliphatic carbocycles. The zero-order valence-electron chi connectivity index (χ0n) is 13.1. The smallest absolute Gasteiger partial charge is 0.256 e. The van der Waals surface area contributed by atoms with Crippen LogP contribution in [-0.4, -0.2) is 24.5 Å². The first-order valence-corrected chi connectivity index (χ1v) is 8.67. The molecule has 0 saturated heterocycles. The molecule has 0 radical (unpaired) electrons. The van der Waals surface area contributed by atoms with Gasteiger partial charge in [-0.25, -0.2) is 18.1 Å². The van der Waals surface area contributed by atoms with Crippen molar-refractivity contribution in [3.63, 3.8) is 0 Å². The highest BCUT2D eigenvalue weighted by molar-refractivity contribution is 7.92. The summed E-state index contributed by atoms with van der Waals surface area (Å²) < 4.78 is 27.6. The molecule has 1 aromatic heterocycles. The van der Waals surface area contributed by atoms with Gasteiger partial charge in [-0.2, -0.15) is 0 Å². The Morgan fingerprint density at radius 3 is 2.61 bits per heavy atom. The molecule has 23 heavy (non-hydrogen) atoms. The van der Waals surface area contributed by atoms with E-state index in [-0.39, 0.29) is 18.6 Å². The average Bonchev–Trinajstić information content (AvgIpc) is 2.51. The van der Waals surface area contributed by atoms with Gasteiger partial charge in [0, 0.05) is 30.3 Å². The molecule has 2 aromatic rings. The number of nitrogens with one attached hydrogen (secondary N) is 1. The Hall–Kier alpha value is -2.25. The third-order valence-electron chi connectivity index (χ3n) is 3.25. The molecule has 0 unspecified atom stereocenters. The molecule has 1 aromatic carbocycles. The summed E-state index contributed by atoms with van der Waals surface area (Å²) in [5.74, 6) is 0. The highest BCUT2D eigenvalue weighted by Gasteiger charge is 2.05. The maximum absolute atomic E-state index is 11.9. The van der Waals surface area contributed by atoms with Crippen LogP contribution in [0.2, 0.25) is 0 Å². The Balaban J connectivity index is 1.95. The van der Waals surface area contributed by atoms with Crippen LogP contribution in [0.15, 0.2) is 47.0 Å². The maximum atomic E-state index is 11.9. The van der Waals surface area contributed by atoms with Crippen LogP contribution < -0.4 is 10.3 Å². The van der Waals surface area contributed by atoms with Gasteiger partial charge in [-0.15, -0.1) is 0 Å². The molecule has 1 heterocycles. The quantitative estimate of drug-likeness (QED) is 0.867. The first kappa shape index (κ1) is 17.1. The lowest BCUT2D eigenvalue weighted by molar-refractivity contribution is 0.576. The summed E-state index contributed by atoms with van der Waals surface area (Å²) in [6.45, 7) is 3.98. The van der Waals surface area contributed by atoms with E-state index in [1.165, 1.54) is 23.2 Å². The van der Waals surface area contributed by atoms with Gasteiger partial charge < -0.3 is 0 Å². The third kappa shape index (κ3) is 5.15. The summed E-state index contributed by atoms with van der Waals surface area (Å²) in [5.41, 5.74) is 2.27. The van der Waals surface area contributed by atoms with Crippen molar-refractivity contribution in [1.82, 2.24) is 14.3 Å². The van der Waals surface area contributed by atoms with Crippen molar-refractivity contribution in [2.45, 2.75) is 20.4 Å². The van der Waals surface area contributed by atoms with Gasteiger partial charge in [0.05, 0.1) is 6.33 Å². The molecule has 7 heteroatoms. The second kappa shape index (κ2) is 7.34. The molecule has 122 valence electrons. The monoisotopic (exact) mass is 333 g/mol. The van der Waals surface area contributed by atoms with Gasteiger partial charge in [0.15, 0.2) is 0 Å². The van der Waals surface area contributed by atoms with Gasteiger partial charge in [-0.1, -0.05) is 29.8 Å². The first-order chi connectivity index (χ1) is 10.9. The summed E-state index contributed by atoms with van der Waals surface area (Å²) in [6, 6.07) is 7.52. The molecule has 6 nitrogen and oxygen atoms in total. The first-order valence-electron chi connectivity index (χ1n) is 7.13. The molecule has 0 aliphatic heterocycles. The Morgan fingerprint density at radius 2 is 1.91 bits per heavy atom. The van der Waals surface area contributed by atoms with E-state index >= 15 is 0 Å². The minimum absolute atomic E-state index is 0.117. The maximum Gasteiger partial charge on any atom is 0.256 e. The third-order valence-corrected chi connectivity index (χ3v) is 4.35.